The minimum Gasteiger partial charge on any atom is -0.423 e. The molecule has 0 unspecified atom stereocenters. The van der Waals surface area contributed by atoms with E-state index in [0.29, 0.717) is 5.75 Å². The van der Waals surface area contributed by atoms with Gasteiger partial charge < -0.3 is 4.74 Å². The summed E-state index contributed by atoms with van der Waals surface area (Å²) in [5.74, 6) is 0.444. The second kappa shape index (κ2) is 11.2. The molecule has 0 heterocycles. The lowest BCUT2D eigenvalue weighted by Crippen LogP contribution is -2.41. The molecule has 2 rings (SSSR count). The molecular weight excluding hydrogens is 360 g/mol. The first-order valence-electron chi connectivity index (χ1n) is 11.0. The maximum Gasteiger partial charge on any atom is 0.334 e. The molecule has 0 aliphatic rings. The Labute approximate surface area is 172 Å². The zero-order valence-corrected chi connectivity index (χ0v) is 18.9. The Morgan fingerprint density at radius 1 is 0.857 bits per heavy atom. The summed E-state index contributed by atoms with van der Waals surface area (Å²) >= 11 is 0. The van der Waals surface area contributed by atoms with E-state index in [1.807, 2.05) is 42.5 Å². The highest BCUT2D eigenvalue weighted by Crippen LogP contribution is 2.35. The van der Waals surface area contributed by atoms with Crippen LogP contribution in [0.1, 0.15) is 59.3 Å². The summed E-state index contributed by atoms with van der Waals surface area (Å²) in [7, 11) is -1.92. The van der Waals surface area contributed by atoms with Gasteiger partial charge in [0.15, 0.2) is 0 Å². The van der Waals surface area contributed by atoms with Crippen LogP contribution in [0.5, 0.6) is 5.75 Å². The minimum atomic E-state index is -1.92. The van der Waals surface area contributed by atoms with Gasteiger partial charge in [0.2, 0.25) is 0 Å². The number of hydrogen-bond acceptors (Lipinski definition) is 2. The number of carbonyl (C=O) groups excluding carboxylic acids is 1. The van der Waals surface area contributed by atoms with Crippen molar-refractivity contribution in [2.24, 2.45) is 0 Å². The third-order valence-electron chi connectivity index (χ3n) is 5.87. The van der Waals surface area contributed by atoms with Crippen LogP contribution in [0.15, 0.2) is 54.2 Å². The summed E-state index contributed by atoms with van der Waals surface area (Å²) in [4.78, 5) is 13.2. The van der Waals surface area contributed by atoms with Gasteiger partial charge in [0.1, 0.15) is 5.75 Å². The van der Waals surface area contributed by atoms with E-state index in [1.165, 1.54) is 38.5 Å². The molecule has 0 spiro atoms. The standard InChI is InChI=1S/C25H36O2Si/c1-5-8-18-28(19-9-6-2,20-10-7-3)21(4)25(26)27-24-17-13-15-22-14-11-12-16-23(22)24/h11-17H,4-10,18-20H2,1-3H3. The Bertz CT molecular complexity index is 754. The fraction of sp³-hybridized carbons (Fsp3) is 0.480. The van der Waals surface area contributed by atoms with Gasteiger partial charge >= 0.3 is 5.97 Å². The van der Waals surface area contributed by atoms with Crippen molar-refractivity contribution in [1.82, 2.24) is 0 Å². The fourth-order valence-corrected chi connectivity index (χ4v) is 9.27. The molecule has 0 fully saturated rings. The van der Waals surface area contributed by atoms with Gasteiger partial charge in [0.25, 0.3) is 0 Å². The third kappa shape index (κ3) is 5.57. The Morgan fingerprint density at radius 2 is 1.39 bits per heavy atom. The predicted octanol–water partition coefficient (Wildman–Crippen LogP) is 7.69. The summed E-state index contributed by atoms with van der Waals surface area (Å²) in [5.41, 5.74) is 0. The van der Waals surface area contributed by atoms with Crippen LogP contribution in [-0.4, -0.2) is 14.0 Å². The van der Waals surface area contributed by atoms with Crippen LogP contribution in [0.25, 0.3) is 10.8 Å². The van der Waals surface area contributed by atoms with Crippen molar-refractivity contribution in [3.63, 3.8) is 0 Å². The smallest absolute Gasteiger partial charge is 0.334 e. The second-order valence-corrected chi connectivity index (χ2v) is 12.6. The normalized spacial score (nSPS) is 11.5. The highest BCUT2D eigenvalue weighted by Gasteiger charge is 2.38. The molecule has 2 aromatic rings. The number of esters is 1. The lowest BCUT2D eigenvalue weighted by Gasteiger charge is -2.33. The molecule has 28 heavy (non-hydrogen) atoms. The third-order valence-corrected chi connectivity index (χ3v) is 11.3. The largest absolute Gasteiger partial charge is 0.423 e. The summed E-state index contributed by atoms with van der Waals surface area (Å²) < 4.78 is 5.93. The molecule has 0 aromatic heterocycles. The van der Waals surface area contributed by atoms with Crippen LogP contribution >= 0.6 is 0 Å². The Morgan fingerprint density at radius 3 is 1.96 bits per heavy atom. The predicted molar refractivity (Wildman–Crippen MR) is 124 cm³/mol. The topological polar surface area (TPSA) is 26.3 Å². The van der Waals surface area contributed by atoms with E-state index in [-0.39, 0.29) is 5.97 Å². The van der Waals surface area contributed by atoms with Crippen molar-refractivity contribution in [2.45, 2.75) is 77.4 Å². The maximum absolute atomic E-state index is 13.2. The van der Waals surface area contributed by atoms with Gasteiger partial charge in [-0.25, -0.2) is 4.79 Å². The van der Waals surface area contributed by atoms with E-state index in [1.54, 1.807) is 0 Å². The summed E-state index contributed by atoms with van der Waals surface area (Å²) in [6, 6.07) is 17.4. The van der Waals surface area contributed by atoms with Crippen LogP contribution in [0, 0.1) is 0 Å². The van der Waals surface area contributed by atoms with E-state index in [2.05, 4.69) is 27.4 Å². The Hall–Kier alpha value is -1.87. The molecule has 0 radical (unpaired) electrons. The molecule has 0 saturated carbocycles. The van der Waals surface area contributed by atoms with Crippen LogP contribution in [0.2, 0.25) is 18.1 Å². The maximum atomic E-state index is 13.2. The highest BCUT2D eigenvalue weighted by molar-refractivity contribution is 6.90. The Kier molecular flexibility index (Phi) is 8.97. The fourth-order valence-electron chi connectivity index (χ4n) is 4.04. The summed E-state index contributed by atoms with van der Waals surface area (Å²) in [6.45, 7) is 11.0. The van der Waals surface area contributed by atoms with Crippen LogP contribution < -0.4 is 4.74 Å². The monoisotopic (exact) mass is 396 g/mol. The van der Waals surface area contributed by atoms with Crippen LogP contribution in [-0.2, 0) is 4.79 Å². The Balaban J connectivity index is 2.28. The van der Waals surface area contributed by atoms with Crippen LogP contribution in [0.4, 0.5) is 0 Å². The van der Waals surface area contributed by atoms with Gasteiger partial charge in [-0.2, -0.15) is 0 Å². The second-order valence-electron chi connectivity index (χ2n) is 7.94. The molecule has 0 aliphatic carbocycles. The molecule has 2 nitrogen and oxygen atoms in total. The van der Waals surface area contributed by atoms with Crippen molar-refractivity contribution in [3.8, 4) is 5.75 Å². The van der Waals surface area contributed by atoms with Gasteiger partial charge in [0, 0.05) is 10.6 Å². The number of carbonyl (C=O) groups is 1. The number of rotatable bonds is 12. The van der Waals surface area contributed by atoms with Gasteiger partial charge in [-0.05, 0) is 11.5 Å². The molecule has 2 aromatic carbocycles. The first-order valence-corrected chi connectivity index (χ1v) is 13.6. The molecule has 0 atom stereocenters. The van der Waals surface area contributed by atoms with Crippen LogP contribution in [0.3, 0.4) is 0 Å². The van der Waals surface area contributed by atoms with Gasteiger partial charge in [-0.15, -0.1) is 0 Å². The average Bonchev–Trinajstić information content (AvgIpc) is 2.73. The van der Waals surface area contributed by atoms with Gasteiger partial charge in [-0.1, -0.05) is 120 Å². The number of benzene rings is 2. The first-order chi connectivity index (χ1) is 13.6. The van der Waals surface area contributed by atoms with Crippen molar-refractivity contribution < 1.29 is 9.53 Å². The number of hydrogen-bond donors (Lipinski definition) is 0. The molecule has 152 valence electrons. The lowest BCUT2D eigenvalue weighted by molar-refractivity contribution is -0.129. The zero-order chi connectivity index (χ0) is 20.4. The number of unbranched alkanes of at least 4 members (excludes halogenated alkanes) is 3. The SMILES string of the molecule is C=C(C(=O)Oc1cccc2ccccc12)[Si](CCCC)(CCCC)CCCC. The van der Waals surface area contributed by atoms with E-state index >= 15 is 0 Å². The number of fused-ring (bicyclic) bond motifs is 1. The molecular formula is C25H36O2Si. The van der Waals surface area contributed by atoms with E-state index < -0.39 is 8.07 Å². The summed E-state index contributed by atoms with van der Waals surface area (Å²) in [5, 5.41) is 2.87. The molecule has 0 aliphatic heterocycles. The molecule has 0 bridgehead atoms. The molecule has 0 N–H and O–H groups in total. The van der Waals surface area contributed by atoms with Gasteiger partial charge in [-0.3, -0.25) is 0 Å². The van der Waals surface area contributed by atoms with Crippen molar-refractivity contribution >= 4 is 24.8 Å². The average molecular weight is 397 g/mol. The first kappa shape index (κ1) is 22.4. The van der Waals surface area contributed by atoms with E-state index in [0.717, 1.165) is 34.1 Å². The van der Waals surface area contributed by atoms with Crippen molar-refractivity contribution in [3.05, 3.63) is 54.2 Å². The van der Waals surface area contributed by atoms with Crippen molar-refractivity contribution in [1.29, 1.82) is 0 Å². The van der Waals surface area contributed by atoms with Crippen molar-refractivity contribution in [2.75, 3.05) is 0 Å². The van der Waals surface area contributed by atoms with Gasteiger partial charge in [0.05, 0.1) is 8.07 Å². The molecule has 3 heteroatoms. The number of ether oxygens (including phenoxy) is 1. The van der Waals surface area contributed by atoms with E-state index in [4.69, 9.17) is 4.74 Å². The lowest BCUT2D eigenvalue weighted by atomic mass is 10.1. The quantitative estimate of drug-likeness (QED) is 0.159. The molecule has 0 amide bonds. The van der Waals surface area contributed by atoms with E-state index in [9.17, 15) is 4.79 Å². The zero-order valence-electron chi connectivity index (χ0n) is 17.9. The summed E-state index contributed by atoms with van der Waals surface area (Å²) in [6.07, 6.45) is 7.04. The minimum absolute atomic E-state index is 0.202. The highest BCUT2D eigenvalue weighted by atomic mass is 28.3. The molecule has 0 saturated heterocycles.